The van der Waals surface area contributed by atoms with Crippen LogP contribution < -0.4 is 0 Å². The molecule has 2 heterocycles. The van der Waals surface area contributed by atoms with E-state index >= 15 is 0 Å². The summed E-state index contributed by atoms with van der Waals surface area (Å²) in [5.41, 5.74) is 2.80. The van der Waals surface area contributed by atoms with E-state index in [2.05, 4.69) is 16.2 Å². The number of hydrogen-bond acceptors (Lipinski definition) is 5. The lowest BCUT2D eigenvalue weighted by atomic mass is 10.00. The van der Waals surface area contributed by atoms with Gasteiger partial charge in [0.1, 0.15) is 5.01 Å². The maximum atomic E-state index is 12.7. The minimum Gasteiger partial charge on any atom is -0.292 e. The highest BCUT2D eigenvalue weighted by atomic mass is 35.5. The largest absolute Gasteiger partial charge is 0.292 e. The van der Waals surface area contributed by atoms with Gasteiger partial charge < -0.3 is 0 Å². The van der Waals surface area contributed by atoms with Crippen LogP contribution in [0.25, 0.3) is 11.3 Å². The second-order valence-corrected chi connectivity index (χ2v) is 6.60. The van der Waals surface area contributed by atoms with Crippen LogP contribution in [0.15, 0.2) is 35.8 Å². The Morgan fingerprint density at radius 3 is 2.67 bits per heavy atom. The first kappa shape index (κ1) is 16.4. The molecule has 120 valence electrons. The number of benzene rings is 1. The summed E-state index contributed by atoms with van der Waals surface area (Å²) in [5.74, 6) is -1.21. The van der Waals surface area contributed by atoms with E-state index < -0.39 is 5.92 Å². The molecule has 0 N–H and O–H groups in total. The molecule has 0 saturated heterocycles. The molecule has 1 unspecified atom stereocenters. The minimum atomic E-state index is -0.932. The third-order valence-electron chi connectivity index (χ3n) is 3.80. The van der Waals surface area contributed by atoms with E-state index in [1.165, 1.54) is 17.5 Å². The molecule has 5 nitrogen and oxygen atoms in total. The average molecular weight is 357 g/mol. The maximum absolute atomic E-state index is 12.7. The van der Waals surface area contributed by atoms with Crippen molar-refractivity contribution in [1.29, 1.82) is 5.26 Å². The van der Waals surface area contributed by atoms with Crippen molar-refractivity contribution in [2.45, 2.75) is 12.8 Å². The van der Waals surface area contributed by atoms with Crippen molar-refractivity contribution in [3.63, 3.8) is 0 Å². The summed E-state index contributed by atoms with van der Waals surface area (Å²) in [7, 11) is 1.76. The summed E-state index contributed by atoms with van der Waals surface area (Å²) in [5, 5.41) is 16.5. The number of ketones is 1. The minimum absolute atomic E-state index is 0.278. The fourth-order valence-corrected chi connectivity index (χ4v) is 3.29. The standard InChI is InChI=1S/C17H13ClN4OS/c1-10-14(8-20-22(10)2)16(23)13(7-19)17-21-15(9-24-17)11-3-5-12(18)6-4-11/h3-6,8-9,13H,1-2H3. The first-order valence-corrected chi connectivity index (χ1v) is 8.41. The fraction of sp³-hybridized carbons (Fsp3) is 0.176. The van der Waals surface area contributed by atoms with Gasteiger partial charge in [-0.2, -0.15) is 10.4 Å². The van der Waals surface area contributed by atoms with Crippen LogP contribution in [0, 0.1) is 18.3 Å². The number of Topliss-reactive ketones (excluding diaryl/α,β-unsaturated/α-hetero) is 1. The van der Waals surface area contributed by atoms with Crippen molar-refractivity contribution in [2.75, 3.05) is 0 Å². The highest BCUT2D eigenvalue weighted by molar-refractivity contribution is 7.10. The van der Waals surface area contributed by atoms with E-state index in [1.807, 2.05) is 17.5 Å². The monoisotopic (exact) mass is 356 g/mol. The number of carbonyl (C=O) groups excluding carboxylic acids is 1. The Bertz CT molecular complexity index is 936. The molecule has 0 aliphatic rings. The van der Waals surface area contributed by atoms with Crippen LogP contribution in [0.1, 0.15) is 27.0 Å². The Morgan fingerprint density at radius 1 is 1.38 bits per heavy atom. The summed E-state index contributed by atoms with van der Waals surface area (Å²) in [4.78, 5) is 17.1. The number of thiazole rings is 1. The van der Waals surface area contributed by atoms with Gasteiger partial charge in [0.2, 0.25) is 0 Å². The Kier molecular flexibility index (Phi) is 4.47. The van der Waals surface area contributed by atoms with Gasteiger partial charge >= 0.3 is 0 Å². The molecule has 0 aliphatic heterocycles. The van der Waals surface area contributed by atoms with Gasteiger partial charge in [-0.15, -0.1) is 11.3 Å². The number of aryl methyl sites for hydroxylation is 1. The van der Waals surface area contributed by atoms with E-state index in [1.54, 1.807) is 30.8 Å². The molecule has 2 aromatic heterocycles. The molecule has 7 heteroatoms. The molecule has 1 atom stereocenters. The number of carbonyl (C=O) groups is 1. The fourth-order valence-electron chi connectivity index (χ4n) is 2.30. The van der Waals surface area contributed by atoms with Crippen molar-refractivity contribution in [3.05, 3.63) is 57.1 Å². The topological polar surface area (TPSA) is 71.6 Å². The third kappa shape index (κ3) is 2.96. The molecule has 0 fully saturated rings. The number of hydrogen-bond donors (Lipinski definition) is 0. The molecule has 1 aromatic carbocycles. The van der Waals surface area contributed by atoms with E-state index in [0.717, 1.165) is 17.0 Å². The molecule has 0 spiro atoms. The average Bonchev–Trinajstić information content (AvgIpc) is 3.17. The Balaban J connectivity index is 1.92. The summed E-state index contributed by atoms with van der Waals surface area (Å²) >= 11 is 7.19. The molecular formula is C17H13ClN4OS. The van der Waals surface area contributed by atoms with Crippen molar-refractivity contribution in [3.8, 4) is 17.3 Å². The second-order valence-electron chi connectivity index (χ2n) is 5.27. The molecule has 24 heavy (non-hydrogen) atoms. The Labute approximate surface area is 148 Å². The SMILES string of the molecule is Cc1c(C(=O)C(C#N)c2nc(-c3ccc(Cl)cc3)cs2)cnn1C. The van der Waals surface area contributed by atoms with Gasteiger partial charge in [-0.05, 0) is 19.1 Å². The number of halogens is 1. The molecule has 3 aromatic rings. The van der Waals surface area contributed by atoms with Gasteiger partial charge in [-0.25, -0.2) is 4.98 Å². The van der Waals surface area contributed by atoms with Crippen LogP contribution >= 0.6 is 22.9 Å². The molecule has 0 aliphatic carbocycles. The molecule has 0 radical (unpaired) electrons. The van der Waals surface area contributed by atoms with Gasteiger partial charge in [-0.1, -0.05) is 23.7 Å². The second kappa shape index (κ2) is 6.56. The zero-order chi connectivity index (χ0) is 17.3. The molecular weight excluding hydrogens is 344 g/mol. The first-order chi connectivity index (χ1) is 11.5. The predicted molar refractivity (Wildman–Crippen MR) is 93.2 cm³/mol. The highest BCUT2D eigenvalue weighted by Gasteiger charge is 2.27. The van der Waals surface area contributed by atoms with E-state index in [4.69, 9.17) is 11.6 Å². The first-order valence-electron chi connectivity index (χ1n) is 7.15. The lowest BCUT2D eigenvalue weighted by molar-refractivity contribution is 0.0978. The van der Waals surface area contributed by atoms with Crippen molar-refractivity contribution < 1.29 is 4.79 Å². The van der Waals surface area contributed by atoms with Crippen LogP contribution in [0.2, 0.25) is 5.02 Å². The van der Waals surface area contributed by atoms with Crippen LogP contribution in [0.4, 0.5) is 0 Å². The highest BCUT2D eigenvalue weighted by Crippen LogP contribution is 2.29. The van der Waals surface area contributed by atoms with Gasteiger partial charge in [0.05, 0.1) is 23.5 Å². The lowest BCUT2D eigenvalue weighted by Crippen LogP contribution is -2.12. The lowest BCUT2D eigenvalue weighted by Gasteiger charge is -2.04. The molecule has 0 saturated carbocycles. The van der Waals surface area contributed by atoms with Crippen LogP contribution in [0.3, 0.4) is 0 Å². The summed E-state index contributed by atoms with van der Waals surface area (Å²) in [6.07, 6.45) is 1.50. The summed E-state index contributed by atoms with van der Waals surface area (Å²) in [6, 6.07) is 9.34. The Morgan fingerprint density at radius 2 is 2.08 bits per heavy atom. The smallest absolute Gasteiger partial charge is 0.190 e. The van der Waals surface area contributed by atoms with Gasteiger partial charge in [0.25, 0.3) is 0 Å². The van der Waals surface area contributed by atoms with Crippen LogP contribution in [0.5, 0.6) is 0 Å². The van der Waals surface area contributed by atoms with Gasteiger partial charge in [0.15, 0.2) is 11.7 Å². The molecule has 3 rings (SSSR count). The zero-order valence-electron chi connectivity index (χ0n) is 13.0. The van der Waals surface area contributed by atoms with Crippen LogP contribution in [-0.4, -0.2) is 20.5 Å². The normalized spacial score (nSPS) is 11.9. The zero-order valence-corrected chi connectivity index (χ0v) is 14.6. The van der Waals surface area contributed by atoms with E-state index in [0.29, 0.717) is 15.6 Å². The Hall–Kier alpha value is -2.49. The number of nitriles is 1. The van der Waals surface area contributed by atoms with Crippen molar-refractivity contribution >= 4 is 28.7 Å². The molecule has 0 amide bonds. The van der Waals surface area contributed by atoms with Crippen molar-refractivity contribution in [2.24, 2.45) is 7.05 Å². The summed E-state index contributed by atoms with van der Waals surface area (Å²) in [6.45, 7) is 1.80. The molecule has 0 bridgehead atoms. The van der Waals surface area contributed by atoms with Gasteiger partial charge in [-0.3, -0.25) is 9.48 Å². The number of aromatic nitrogens is 3. The van der Waals surface area contributed by atoms with Crippen molar-refractivity contribution in [1.82, 2.24) is 14.8 Å². The summed E-state index contributed by atoms with van der Waals surface area (Å²) < 4.78 is 1.61. The van der Waals surface area contributed by atoms with Gasteiger partial charge in [0, 0.05) is 28.7 Å². The van der Waals surface area contributed by atoms with Crippen LogP contribution in [-0.2, 0) is 7.05 Å². The number of nitrogens with zero attached hydrogens (tertiary/aromatic N) is 4. The van der Waals surface area contributed by atoms with E-state index in [-0.39, 0.29) is 5.78 Å². The third-order valence-corrected chi connectivity index (χ3v) is 4.96. The number of rotatable bonds is 4. The van der Waals surface area contributed by atoms with E-state index in [9.17, 15) is 10.1 Å². The quantitative estimate of drug-likeness (QED) is 0.662. The predicted octanol–water partition coefficient (Wildman–Crippen LogP) is 4.00. The maximum Gasteiger partial charge on any atom is 0.190 e.